The van der Waals surface area contributed by atoms with Gasteiger partial charge in [-0.05, 0) is 30.3 Å². The number of esters is 1. The van der Waals surface area contributed by atoms with Crippen molar-refractivity contribution in [3.05, 3.63) is 65.5 Å². The third kappa shape index (κ3) is 4.27. The van der Waals surface area contributed by atoms with E-state index in [1.165, 1.54) is 18.4 Å². The summed E-state index contributed by atoms with van der Waals surface area (Å²) in [6.07, 6.45) is 5.98. The predicted octanol–water partition coefficient (Wildman–Crippen LogP) is 2.45. The number of pyridine rings is 1. The number of carbonyl (C=O) groups excluding carboxylic acids is 2. The number of nitrogens with one attached hydrogen (secondary N) is 1. The van der Waals surface area contributed by atoms with Crippen molar-refractivity contribution < 1.29 is 18.7 Å². The topological polar surface area (TPSA) is 85.8 Å². The summed E-state index contributed by atoms with van der Waals surface area (Å²) >= 11 is 6.06. The van der Waals surface area contributed by atoms with E-state index in [4.69, 9.17) is 20.8 Å². The zero-order chi connectivity index (χ0) is 17.6. The van der Waals surface area contributed by atoms with Gasteiger partial charge in [0.05, 0.1) is 18.5 Å². The normalized spacial score (nSPS) is 11.1. The van der Waals surface area contributed by atoms with Gasteiger partial charge in [0, 0.05) is 12.3 Å². The molecule has 1 N–H and O–H groups in total. The van der Waals surface area contributed by atoms with Crippen LogP contribution in [-0.2, 0) is 20.9 Å². The number of hydrogen-bond acceptors (Lipinski definition) is 5. The van der Waals surface area contributed by atoms with Crippen LogP contribution in [0.15, 0.2) is 53.3 Å². The molecule has 3 rings (SSSR count). The number of hydrogen-bond donors (Lipinski definition) is 1. The summed E-state index contributed by atoms with van der Waals surface area (Å²) in [6, 6.07) is 8.91. The molecule has 0 saturated heterocycles. The number of rotatable bonds is 6. The first-order valence-electron chi connectivity index (χ1n) is 7.40. The zero-order valence-electron chi connectivity index (χ0n) is 13.0. The van der Waals surface area contributed by atoms with Crippen molar-refractivity contribution in [2.75, 3.05) is 6.61 Å². The molecule has 0 unspecified atom stereocenters. The van der Waals surface area contributed by atoms with Crippen LogP contribution in [0, 0.1) is 0 Å². The molecule has 0 fully saturated rings. The van der Waals surface area contributed by atoms with Crippen molar-refractivity contribution >= 4 is 35.2 Å². The van der Waals surface area contributed by atoms with Crippen LogP contribution in [0.4, 0.5) is 0 Å². The van der Waals surface area contributed by atoms with E-state index in [0.717, 1.165) is 0 Å². The maximum Gasteiger partial charge on any atom is 0.331 e. The van der Waals surface area contributed by atoms with Gasteiger partial charge in [-0.3, -0.25) is 9.20 Å². The summed E-state index contributed by atoms with van der Waals surface area (Å²) < 4.78 is 11.7. The SMILES string of the molecule is O=C(COC(=O)/C=C/c1c(Cl)nc2ccccn12)NCc1ccco1. The molecule has 25 heavy (non-hydrogen) atoms. The van der Waals surface area contributed by atoms with Crippen LogP contribution in [0.25, 0.3) is 11.7 Å². The Balaban J connectivity index is 1.52. The van der Waals surface area contributed by atoms with Gasteiger partial charge in [-0.25, -0.2) is 9.78 Å². The first kappa shape index (κ1) is 16.8. The number of aromatic nitrogens is 2. The van der Waals surface area contributed by atoms with E-state index in [0.29, 0.717) is 17.1 Å². The highest BCUT2D eigenvalue weighted by atomic mass is 35.5. The van der Waals surface area contributed by atoms with E-state index in [1.807, 2.05) is 12.1 Å². The van der Waals surface area contributed by atoms with Crippen molar-refractivity contribution in [2.45, 2.75) is 6.54 Å². The van der Waals surface area contributed by atoms with Gasteiger partial charge in [0.2, 0.25) is 0 Å². The van der Waals surface area contributed by atoms with Crippen LogP contribution >= 0.6 is 11.6 Å². The average molecular weight is 360 g/mol. The lowest BCUT2D eigenvalue weighted by molar-refractivity contribution is -0.143. The Morgan fingerprint density at radius 3 is 3.00 bits per heavy atom. The fourth-order valence-corrected chi connectivity index (χ4v) is 2.36. The molecular weight excluding hydrogens is 346 g/mol. The van der Waals surface area contributed by atoms with Crippen molar-refractivity contribution in [1.29, 1.82) is 0 Å². The molecule has 1 amide bonds. The molecule has 0 radical (unpaired) electrons. The molecule has 0 bridgehead atoms. The highest BCUT2D eigenvalue weighted by Crippen LogP contribution is 2.18. The van der Waals surface area contributed by atoms with Gasteiger partial charge >= 0.3 is 5.97 Å². The maximum absolute atomic E-state index is 11.7. The second kappa shape index (κ2) is 7.67. The Morgan fingerprint density at radius 2 is 2.20 bits per heavy atom. The summed E-state index contributed by atoms with van der Waals surface area (Å²) in [4.78, 5) is 27.5. The lowest BCUT2D eigenvalue weighted by atomic mass is 10.4. The van der Waals surface area contributed by atoms with E-state index in [9.17, 15) is 9.59 Å². The largest absolute Gasteiger partial charge is 0.467 e. The number of furan rings is 1. The summed E-state index contributed by atoms with van der Waals surface area (Å²) in [5, 5.41) is 2.84. The van der Waals surface area contributed by atoms with Gasteiger partial charge in [0.15, 0.2) is 11.8 Å². The quantitative estimate of drug-likeness (QED) is 0.539. The molecule has 0 aliphatic carbocycles. The predicted molar refractivity (Wildman–Crippen MR) is 90.7 cm³/mol. The van der Waals surface area contributed by atoms with Crippen molar-refractivity contribution in [3.8, 4) is 0 Å². The summed E-state index contributed by atoms with van der Waals surface area (Å²) in [6.45, 7) is -0.151. The minimum atomic E-state index is -0.657. The monoisotopic (exact) mass is 359 g/mol. The summed E-state index contributed by atoms with van der Waals surface area (Å²) in [5.74, 6) is -0.470. The molecule has 7 nitrogen and oxygen atoms in total. The van der Waals surface area contributed by atoms with Gasteiger partial charge < -0.3 is 14.5 Å². The molecule has 128 valence electrons. The van der Waals surface area contributed by atoms with Gasteiger partial charge in [-0.1, -0.05) is 17.7 Å². The Kier molecular flexibility index (Phi) is 5.15. The fourth-order valence-electron chi connectivity index (χ4n) is 2.12. The Hall–Kier alpha value is -3.06. The number of halogens is 1. The molecule has 3 heterocycles. The minimum absolute atomic E-state index is 0.233. The van der Waals surface area contributed by atoms with Gasteiger partial charge in [0.25, 0.3) is 5.91 Å². The Bertz CT molecular complexity index is 915. The first-order chi connectivity index (χ1) is 12.1. The average Bonchev–Trinajstić information content (AvgIpc) is 3.23. The molecule has 8 heteroatoms. The number of carbonyl (C=O) groups is 2. The number of nitrogens with zero attached hydrogens (tertiary/aromatic N) is 2. The zero-order valence-corrected chi connectivity index (χ0v) is 13.8. The van der Waals surface area contributed by atoms with Crippen LogP contribution in [0.5, 0.6) is 0 Å². The van der Waals surface area contributed by atoms with Crippen LogP contribution in [0.3, 0.4) is 0 Å². The third-order valence-corrected chi connectivity index (χ3v) is 3.56. The molecule has 0 aliphatic heterocycles. The number of fused-ring (bicyclic) bond motifs is 1. The minimum Gasteiger partial charge on any atom is -0.467 e. The van der Waals surface area contributed by atoms with Crippen molar-refractivity contribution in [1.82, 2.24) is 14.7 Å². The molecular formula is C17H14ClN3O4. The molecule has 0 atom stereocenters. The second-order valence-electron chi connectivity index (χ2n) is 5.01. The van der Waals surface area contributed by atoms with E-state index in [2.05, 4.69) is 10.3 Å². The Morgan fingerprint density at radius 1 is 1.32 bits per heavy atom. The smallest absolute Gasteiger partial charge is 0.331 e. The Labute approximate surface area is 147 Å². The van der Waals surface area contributed by atoms with E-state index in [1.54, 1.807) is 28.8 Å². The molecule has 3 aromatic rings. The second-order valence-corrected chi connectivity index (χ2v) is 5.37. The summed E-state index contributed by atoms with van der Waals surface area (Å²) in [5.41, 5.74) is 1.22. The number of ether oxygens (including phenoxy) is 1. The first-order valence-corrected chi connectivity index (χ1v) is 7.78. The number of imidazole rings is 1. The molecule has 0 spiro atoms. The van der Waals surface area contributed by atoms with E-state index < -0.39 is 11.9 Å². The van der Waals surface area contributed by atoms with E-state index >= 15 is 0 Å². The summed E-state index contributed by atoms with van der Waals surface area (Å²) in [7, 11) is 0. The molecule has 0 saturated carbocycles. The number of amides is 1. The van der Waals surface area contributed by atoms with Crippen LogP contribution in [0.2, 0.25) is 5.15 Å². The van der Waals surface area contributed by atoms with Crippen LogP contribution in [0.1, 0.15) is 11.5 Å². The molecule has 0 aromatic carbocycles. The van der Waals surface area contributed by atoms with Crippen molar-refractivity contribution in [2.24, 2.45) is 0 Å². The van der Waals surface area contributed by atoms with Crippen molar-refractivity contribution in [3.63, 3.8) is 0 Å². The maximum atomic E-state index is 11.7. The standard InChI is InChI=1S/C17H14ClN3O4/c18-17-13(21-8-2-1-5-14(21)20-17)6-7-16(23)25-11-15(22)19-10-12-4-3-9-24-12/h1-9H,10-11H2,(H,19,22)/b7-6+. The highest BCUT2D eigenvalue weighted by molar-refractivity contribution is 6.31. The van der Waals surface area contributed by atoms with Gasteiger partial charge in [-0.15, -0.1) is 0 Å². The lowest BCUT2D eigenvalue weighted by Crippen LogP contribution is -2.27. The highest BCUT2D eigenvalue weighted by Gasteiger charge is 2.09. The molecule has 0 aliphatic rings. The molecule has 3 aromatic heterocycles. The van der Waals surface area contributed by atoms with Crippen LogP contribution < -0.4 is 5.32 Å². The van der Waals surface area contributed by atoms with Gasteiger partial charge in [0.1, 0.15) is 11.4 Å². The fraction of sp³-hybridized carbons (Fsp3) is 0.118. The van der Waals surface area contributed by atoms with Gasteiger partial charge in [-0.2, -0.15) is 0 Å². The van der Waals surface area contributed by atoms with E-state index in [-0.39, 0.29) is 18.3 Å². The lowest BCUT2D eigenvalue weighted by Gasteiger charge is -2.03. The van der Waals surface area contributed by atoms with Crippen LogP contribution in [-0.4, -0.2) is 27.9 Å². The third-order valence-electron chi connectivity index (χ3n) is 3.28.